The molecule has 1 amide bonds. The van der Waals surface area contributed by atoms with Gasteiger partial charge in [-0.05, 0) is 56.5 Å². The van der Waals surface area contributed by atoms with Gasteiger partial charge in [0.15, 0.2) is 0 Å². The number of carbonyl (C=O) groups excluding carboxylic acids is 2. The Labute approximate surface area is 160 Å². The molecule has 0 aromatic heterocycles. The molecular weight excluding hydrogens is 342 g/mol. The lowest BCUT2D eigenvalue weighted by molar-refractivity contribution is -0.144. The molecule has 0 aliphatic carbocycles. The minimum Gasteiger partial charge on any atom is -0.491 e. The molecule has 2 rings (SSSR count). The Balaban J connectivity index is 1.61. The lowest BCUT2D eigenvalue weighted by Crippen LogP contribution is -2.15. The number of ether oxygens (including phenoxy) is 2. The highest BCUT2D eigenvalue weighted by molar-refractivity contribution is 5.92. The Bertz CT molecular complexity index is 711. The topological polar surface area (TPSA) is 64.6 Å². The lowest BCUT2D eigenvalue weighted by atomic mass is 10.1. The van der Waals surface area contributed by atoms with Gasteiger partial charge in [-0.1, -0.05) is 30.3 Å². The SMILES string of the molecule is CC(C)Oc1ccc(NC(=O)CCC(=O)OCCCc2ccccc2)cc1. The third-order valence-electron chi connectivity index (χ3n) is 3.78. The van der Waals surface area contributed by atoms with E-state index in [2.05, 4.69) is 5.32 Å². The van der Waals surface area contributed by atoms with Crippen molar-refractivity contribution in [3.8, 4) is 5.75 Å². The molecule has 0 radical (unpaired) electrons. The van der Waals surface area contributed by atoms with Crippen LogP contribution in [0.2, 0.25) is 0 Å². The average molecular weight is 369 g/mol. The van der Waals surface area contributed by atoms with Gasteiger partial charge in [-0.15, -0.1) is 0 Å². The van der Waals surface area contributed by atoms with Crippen molar-refractivity contribution in [3.05, 3.63) is 60.2 Å². The molecule has 5 heteroatoms. The summed E-state index contributed by atoms with van der Waals surface area (Å²) < 4.78 is 10.7. The van der Waals surface area contributed by atoms with Crippen molar-refractivity contribution in [3.63, 3.8) is 0 Å². The molecule has 0 fully saturated rings. The normalized spacial score (nSPS) is 10.5. The largest absolute Gasteiger partial charge is 0.491 e. The second kappa shape index (κ2) is 11.0. The van der Waals surface area contributed by atoms with Crippen molar-refractivity contribution in [1.29, 1.82) is 0 Å². The van der Waals surface area contributed by atoms with Gasteiger partial charge in [-0.3, -0.25) is 9.59 Å². The van der Waals surface area contributed by atoms with Crippen molar-refractivity contribution < 1.29 is 19.1 Å². The average Bonchev–Trinajstić information content (AvgIpc) is 2.65. The van der Waals surface area contributed by atoms with Gasteiger partial charge in [0, 0.05) is 12.1 Å². The van der Waals surface area contributed by atoms with Gasteiger partial charge in [-0.2, -0.15) is 0 Å². The van der Waals surface area contributed by atoms with Crippen LogP contribution in [0, 0.1) is 0 Å². The van der Waals surface area contributed by atoms with Crippen LogP contribution in [-0.2, 0) is 20.7 Å². The first-order chi connectivity index (χ1) is 13.0. The molecule has 0 aliphatic heterocycles. The van der Waals surface area contributed by atoms with E-state index in [1.807, 2.05) is 44.2 Å². The van der Waals surface area contributed by atoms with Crippen molar-refractivity contribution >= 4 is 17.6 Å². The third-order valence-corrected chi connectivity index (χ3v) is 3.78. The van der Waals surface area contributed by atoms with Crippen molar-refractivity contribution in [2.45, 2.75) is 45.6 Å². The van der Waals surface area contributed by atoms with Crippen LogP contribution in [-0.4, -0.2) is 24.6 Å². The van der Waals surface area contributed by atoms with E-state index in [1.54, 1.807) is 24.3 Å². The van der Waals surface area contributed by atoms with Crippen LogP contribution in [0.5, 0.6) is 5.75 Å². The number of esters is 1. The number of rotatable bonds is 10. The molecule has 0 saturated heterocycles. The molecule has 0 spiro atoms. The van der Waals surface area contributed by atoms with E-state index in [9.17, 15) is 9.59 Å². The quantitative estimate of drug-likeness (QED) is 0.499. The highest BCUT2D eigenvalue weighted by atomic mass is 16.5. The molecule has 1 N–H and O–H groups in total. The summed E-state index contributed by atoms with van der Waals surface area (Å²) in [6.45, 7) is 4.28. The van der Waals surface area contributed by atoms with Crippen LogP contribution >= 0.6 is 0 Å². The molecule has 27 heavy (non-hydrogen) atoms. The number of aryl methyl sites for hydroxylation is 1. The minimum atomic E-state index is -0.348. The zero-order valence-corrected chi connectivity index (χ0v) is 15.9. The summed E-state index contributed by atoms with van der Waals surface area (Å²) in [6.07, 6.45) is 1.91. The number of anilines is 1. The van der Waals surface area contributed by atoms with Crippen LogP contribution in [0.4, 0.5) is 5.69 Å². The standard InChI is InChI=1S/C22H27NO4/c1-17(2)27-20-12-10-19(11-13-20)23-21(24)14-15-22(25)26-16-6-9-18-7-4-3-5-8-18/h3-5,7-8,10-13,17H,6,9,14-16H2,1-2H3,(H,23,24). The van der Waals surface area contributed by atoms with Gasteiger partial charge in [-0.25, -0.2) is 0 Å². The second-order valence-corrected chi connectivity index (χ2v) is 6.55. The van der Waals surface area contributed by atoms with E-state index in [0.717, 1.165) is 18.6 Å². The summed E-state index contributed by atoms with van der Waals surface area (Å²) in [4.78, 5) is 23.7. The number of amides is 1. The zero-order chi connectivity index (χ0) is 19.5. The van der Waals surface area contributed by atoms with Crippen molar-refractivity contribution in [1.82, 2.24) is 0 Å². The summed E-state index contributed by atoms with van der Waals surface area (Å²) in [5.41, 5.74) is 1.89. The fourth-order valence-corrected chi connectivity index (χ4v) is 2.51. The van der Waals surface area contributed by atoms with Gasteiger partial charge in [0.2, 0.25) is 5.91 Å². The molecule has 5 nitrogen and oxygen atoms in total. The molecule has 0 aliphatic rings. The Morgan fingerprint density at radius 3 is 2.33 bits per heavy atom. The molecule has 2 aromatic rings. The van der Waals surface area contributed by atoms with E-state index >= 15 is 0 Å². The van der Waals surface area contributed by atoms with E-state index in [0.29, 0.717) is 12.3 Å². The van der Waals surface area contributed by atoms with E-state index in [4.69, 9.17) is 9.47 Å². The van der Waals surface area contributed by atoms with Crippen LogP contribution < -0.4 is 10.1 Å². The van der Waals surface area contributed by atoms with E-state index in [-0.39, 0.29) is 30.8 Å². The smallest absolute Gasteiger partial charge is 0.306 e. The van der Waals surface area contributed by atoms with Gasteiger partial charge in [0.1, 0.15) is 5.75 Å². The Morgan fingerprint density at radius 2 is 1.67 bits per heavy atom. The molecule has 0 atom stereocenters. The highest BCUT2D eigenvalue weighted by Gasteiger charge is 2.09. The van der Waals surface area contributed by atoms with Gasteiger partial charge in [0.05, 0.1) is 19.1 Å². The minimum absolute atomic E-state index is 0.0751. The first-order valence-corrected chi connectivity index (χ1v) is 9.29. The maximum atomic E-state index is 11.9. The van der Waals surface area contributed by atoms with Crippen LogP contribution in [0.1, 0.15) is 38.7 Å². The lowest BCUT2D eigenvalue weighted by Gasteiger charge is -2.10. The number of hydrogen-bond donors (Lipinski definition) is 1. The fourth-order valence-electron chi connectivity index (χ4n) is 2.51. The predicted molar refractivity (Wildman–Crippen MR) is 106 cm³/mol. The Hall–Kier alpha value is -2.82. The molecule has 2 aromatic carbocycles. The summed E-state index contributed by atoms with van der Waals surface area (Å²) in [5, 5.41) is 2.76. The van der Waals surface area contributed by atoms with Crippen LogP contribution in [0.15, 0.2) is 54.6 Å². The summed E-state index contributed by atoms with van der Waals surface area (Å²) in [6, 6.07) is 17.2. The second-order valence-electron chi connectivity index (χ2n) is 6.55. The van der Waals surface area contributed by atoms with Gasteiger partial charge >= 0.3 is 5.97 Å². The predicted octanol–water partition coefficient (Wildman–Crippen LogP) is 4.37. The fraction of sp³-hybridized carbons (Fsp3) is 0.364. The Morgan fingerprint density at radius 1 is 0.963 bits per heavy atom. The number of hydrogen-bond acceptors (Lipinski definition) is 4. The first kappa shape index (κ1) is 20.5. The highest BCUT2D eigenvalue weighted by Crippen LogP contribution is 2.17. The molecule has 144 valence electrons. The summed E-state index contributed by atoms with van der Waals surface area (Å²) >= 11 is 0. The van der Waals surface area contributed by atoms with Crippen LogP contribution in [0.25, 0.3) is 0 Å². The third kappa shape index (κ3) is 8.40. The number of carbonyl (C=O) groups is 2. The summed E-state index contributed by atoms with van der Waals surface area (Å²) in [5.74, 6) is 0.190. The maximum absolute atomic E-state index is 11.9. The number of nitrogens with one attached hydrogen (secondary N) is 1. The van der Waals surface area contributed by atoms with Gasteiger partial charge in [0.25, 0.3) is 0 Å². The summed E-state index contributed by atoms with van der Waals surface area (Å²) in [7, 11) is 0. The zero-order valence-electron chi connectivity index (χ0n) is 15.9. The Kier molecular flexibility index (Phi) is 8.36. The molecule has 0 saturated carbocycles. The molecular formula is C22H27NO4. The molecule has 0 bridgehead atoms. The van der Waals surface area contributed by atoms with E-state index < -0.39 is 0 Å². The molecule has 0 unspecified atom stereocenters. The van der Waals surface area contributed by atoms with Crippen LogP contribution in [0.3, 0.4) is 0 Å². The van der Waals surface area contributed by atoms with E-state index in [1.165, 1.54) is 5.56 Å². The first-order valence-electron chi connectivity index (χ1n) is 9.29. The van der Waals surface area contributed by atoms with Gasteiger partial charge < -0.3 is 14.8 Å². The number of benzene rings is 2. The molecule has 0 heterocycles. The van der Waals surface area contributed by atoms with Crippen molar-refractivity contribution in [2.75, 3.05) is 11.9 Å². The van der Waals surface area contributed by atoms with Crippen molar-refractivity contribution in [2.24, 2.45) is 0 Å². The maximum Gasteiger partial charge on any atom is 0.306 e. The monoisotopic (exact) mass is 369 g/mol.